The molecule has 146 valence electrons. The van der Waals surface area contributed by atoms with Crippen molar-refractivity contribution >= 4 is 17.5 Å². The molecular weight excluding hydrogens is 350 g/mol. The van der Waals surface area contributed by atoms with E-state index in [1.807, 2.05) is 32.0 Å². The van der Waals surface area contributed by atoms with Gasteiger partial charge in [0.15, 0.2) is 0 Å². The molecule has 0 spiro atoms. The number of nitrogens with zero attached hydrogens (tertiary/aromatic N) is 1. The Kier molecular flexibility index (Phi) is 6.58. The van der Waals surface area contributed by atoms with Crippen LogP contribution in [0.2, 0.25) is 0 Å². The van der Waals surface area contributed by atoms with Gasteiger partial charge in [0.25, 0.3) is 11.8 Å². The van der Waals surface area contributed by atoms with E-state index in [2.05, 4.69) is 21.7 Å². The maximum Gasteiger partial charge on any atom is 0.274 e. The van der Waals surface area contributed by atoms with Crippen LogP contribution in [0.1, 0.15) is 64.1 Å². The van der Waals surface area contributed by atoms with Gasteiger partial charge in [0.1, 0.15) is 5.69 Å². The summed E-state index contributed by atoms with van der Waals surface area (Å²) in [5.74, 6) is -0.508. The quantitative estimate of drug-likeness (QED) is 0.724. The fraction of sp³-hybridized carbons (Fsp3) is 0.348. The summed E-state index contributed by atoms with van der Waals surface area (Å²) < 4.78 is 0. The van der Waals surface area contributed by atoms with Crippen LogP contribution in [0.4, 0.5) is 5.69 Å². The molecule has 0 bridgehead atoms. The molecule has 3 rings (SSSR count). The zero-order valence-corrected chi connectivity index (χ0v) is 16.5. The molecule has 2 N–H and O–H groups in total. The Hall–Kier alpha value is -2.95. The second-order valence-corrected chi connectivity index (χ2v) is 7.37. The molecule has 0 aliphatic heterocycles. The molecule has 1 aromatic heterocycles. The Bertz CT molecular complexity index is 882. The van der Waals surface area contributed by atoms with E-state index < -0.39 is 0 Å². The molecule has 28 heavy (non-hydrogen) atoms. The van der Waals surface area contributed by atoms with Gasteiger partial charge in [-0.2, -0.15) is 0 Å². The third-order valence-corrected chi connectivity index (χ3v) is 4.85. The van der Waals surface area contributed by atoms with Crippen molar-refractivity contribution in [3.8, 4) is 0 Å². The fourth-order valence-corrected chi connectivity index (χ4v) is 3.51. The Morgan fingerprint density at radius 3 is 2.54 bits per heavy atom. The van der Waals surface area contributed by atoms with E-state index in [4.69, 9.17) is 0 Å². The first kappa shape index (κ1) is 19.8. The van der Waals surface area contributed by atoms with Crippen LogP contribution in [0.15, 0.2) is 48.2 Å². The zero-order chi connectivity index (χ0) is 19.9. The lowest BCUT2D eigenvalue weighted by atomic mass is 9.97. The Morgan fingerprint density at radius 1 is 1.04 bits per heavy atom. The van der Waals surface area contributed by atoms with Crippen LogP contribution in [-0.2, 0) is 0 Å². The lowest BCUT2D eigenvalue weighted by molar-refractivity contribution is 0.0954. The summed E-state index contributed by atoms with van der Waals surface area (Å²) in [4.78, 5) is 29.1. The standard InChI is InChI=1S/C23H27N3O2/c1-16-12-17(2)14-20(13-16)26-23(28)21-15-19(9-11-24-21)22(27)25-10-8-18-6-4-3-5-7-18/h6,9,11-15H,3-5,7-8,10H2,1-2H3,(H,25,27)(H,26,28). The van der Waals surface area contributed by atoms with Crippen LogP contribution in [0.3, 0.4) is 0 Å². The molecule has 5 nitrogen and oxygen atoms in total. The van der Waals surface area contributed by atoms with E-state index in [1.54, 1.807) is 6.07 Å². The van der Waals surface area contributed by atoms with E-state index in [0.29, 0.717) is 12.1 Å². The van der Waals surface area contributed by atoms with Crippen LogP contribution in [0, 0.1) is 13.8 Å². The number of allylic oxidation sites excluding steroid dienone is 1. The number of amides is 2. The Balaban J connectivity index is 1.59. The van der Waals surface area contributed by atoms with Crippen molar-refractivity contribution < 1.29 is 9.59 Å². The number of benzene rings is 1. The molecule has 0 fully saturated rings. The number of nitrogens with one attached hydrogen (secondary N) is 2. The van der Waals surface area contributed by atoms with Gasteiger partial charge in [0, 0.05) is 24.0 Å². The number of hydrogen-bond acceptors (Lipinski definition) is 3. The summed E-state index contributed by atoms with van der Waals surface area (Å²) in [6.45, 7) is 4.57. The largest absolute Gasteiger partial charge is 0.352 e. The summed E-state index contributed by atoms with van der Waals surface area (Å²) in [6.07, 6.45) is 9.45. The molecule has 0 saturated heterocycles. The van der Waals surface area contributed by atoms with Gasteiger partial charge in [0.05, 0.1) is 0 Å². The van der Waals surface area contributed by atoms with Crippen molar-refractivity contribution in [1.82, 2.24) is 10.3 Å². The minimum absolute atomic E-state index is 0.181. The Morgan fingerprint density at radius 2 is 1.82 bits per heavy atom. The first-order valence-corrected chi connectivity index (χ1v) is 9.83. The van der Waals surface area contributed by atoms with E-state index >= 15 is 0 Å². The lowest BCUT2D eigenvalue weighted by Crippen LogP contribution is -2.25. The van der Waals surface area contributed by atoms with Gasteiger partial charge >= 0.3 is 0 Å². The number of carbonyl (C=O) groups excluding carboxylic acids is 2. The molecule has 0 radical (unpaired) electrons. The maximum absolute atomic E-state index is 12.5. The van der Waals surface area contributed by atoms with Gasteiger partial charge in [-0.3, -0.25) is 14.6 Å². The average Bonchev–Trinajstić information content (AvgIpc) is 2.68. The predicted octanol–water partition coefficient (Wildman–Crippen LogP) is 4.57. The van der Waals surface area contributed by atoms with Gasteiger partial charge in [-0.1, -0.05) is 17.7 Å². The molecule has 1 heterocycles. The number of pyridine rings is 1. The number of aryl methyl sites for hydroxylation is 2. The fourth-order valence-electron chi connectivity index (χ4n) is 3.51. The first-order valence-electron chi connectivity index (χ1n) is 9.83. The van der Waals surface area contributed by atoms with Crippen molar-refractivity contribution in [3.05, 3.63) is 70.6 Å². The SMILES string of the molecule is Cc1cc(C)cc(NC(=O)c2cc(C(=O)NCCC3=CCCCC3)ccn2)c1. The van der Waals surface area contributed by atoms with Crippen LogP contribution >= 0.6 is 0 Å². The smallest absolute Gasteiger partial charge is 0.274 e. The topological polar surface area (TPSA) is 71.1 Å². The molecule has 0 unspecified atom stereocenters. The number of carbonyl (C=O) groups is 2. The van der Waals surface area contributed by atoms with E-state index in [-0.39, 0.29) is 17.5 Å². The molecule has 2 aromatic rings. The maximum atomic E-state index is 12.5. The van der Waals surface area contributed by atoms with Gasteiger partial charge in [-0.25, -0.2) is 0 Å². The molecule has 1 aliphatic rings. The number of anilines is 1. The molecule has 0 saturated carbocycles. The van der Waals surface area contributed by atoms with Gasteiger partial charge < -0.3 is 10.6 Å². The van der Waals surface area contributed by atoms with Crippen molar-refractivity contribution in [2.75, 3.05) is 11.9 Å². The van der Waals surface area contributed by atoms with Crippen LogP contribution in [0.25, 0.3) is 0 Å². The highest BCUT2D eigenvalue weighted by Crippen LogP contribution is 2.19. The van der Waals surface area contributed by atoms with Crippen molar-refractivity contribution in [2.45, 2.75) is 46.0 Å². The van der Waals surface area contributed by atoms with E-state index in [0.717, 1.165) is 36.1 Å². The zero-order valence-electron chi connectivity index (χ0n) is 16.5. The minimum atomic E-state index is -0.327. The van der Waals surface area contributed by atoms with Gasteiger partial charge in [-0.15, -0.1) is 0 Å². The van der Waals surface area contributed by atoms with Crippen LogP contribution in [-0.4, -0.2) is 23.3 Å². The second kappa shape index (κ2) is 9.31. The average molecular weight is 377 g/mol. The summed E-state index contributed by atoms with van der Waals surface area (Å²) in [7, 11) is 0. The molecule has 2 amide bonds. The molecule has 1 aromatic carbocycles. The molecule has 0 atom stereocenters. The van der Waals surface area contributed by atoms with Gasteiger partial charge in [-0.05, 0) is 81.3 Å². The Labute approximate surface area is 166 Å². The summed E-state index contributed by atoms with van der Waals surface area (Å²) in [6, 6.07) is 9.01. The highest BCUT2D eigenvalue weighted by molar-refractivity contribution is 6.04. The summed E-state index contributed by atoms with van der Waals surface area (Å²) in [5.41, 5.74) is 4.96. The lowest BCUT2D eigenvalue weighted by Gasteiger charge is -2.13. The highest BCUT2D eigenvalue weighted by atomic mass is 16.2. The number of aromatic nitrogens is 1. The second-order valence-electron chi connectivity index (χ2n) is 7.37. The summed E-state index contributed by atoms with van der Waals surface area (Å²) in [5, 5.41) is 5.79. The van der Waals surface area contributed by atoms with Crippen LogP contribution in [0.5, 0.6) is 0 Å². The number of rotatable bonds is 6. The first-order chi connectivity index (χ1) is 13.5. The van der Waals surface area contributed by atoms with Gasteiger partial charge in [0.2, 0.25) is 0 Å². The normalized spacial score (nSPS) is 13.6. The third kappa shape index (κ3) is 5.52. The van der Waals surface area contributed by atoms with Crippen molar-refractivity contribution in [3.63, 3.8) is 0 Å². The van der Waals surface area contributed by atoms with Crippen LogP contribution < -0.4 is 10.6 Å². The molecule has 1 aliphatic carbocycles. The van der Waals surface area contributed by atoms with Crippen molar-refractivity contribution in [1.29, 1.82) is 0 Å². The summed E-state index contributed by atoms with van der Waals surface area (Å²) >= 11 is 0. The van der Waals surface area contributed by atoms with Crippen molar-refractivity contribution in [2.24, 2.45) is 0 Å². The highest BCUT2D eigenvalue weighted by Gasteiger charge is 2.13. The predicted molar refractivity (Wildman–Crippen MR) is 112 cm³/mol. The molecule has 5 heteroatoms. The molecular formula is C23H27N3O2. The third-order valence-electron chi connectivity index (χ3n) is 4.85. The number of hydrogen-bond donors (Lipinski definition) is 2. The van der Waals surface area contributed by atoms with E-state index in [9.17, 15) is 9.59 Å². The monoisotopic (exact) mass is 377 g/mol. The minimum Gasteiger partial charge on any atom is -0.352 e. The van der Waals surface area contributed by atoms with E-state index in [1.165, 1.54) is 30.7 Å².